The molecule has 1 N–H and O–H groups in total. The Morgan fingerprint density at radius 3 is 2.81 bits per heavy atom. The maximum absolute atomic E-state index is 12.1. The van der Waals surface area contributed by atoms with Gasteiger partial charge in [-0.3, -0.25) is 0 Å². The van der Waals surface area contributed by atoms with Gasteiger partial charge >= 0.3 is 6.09 Å². The summed E-state index contributed by atoms with van der Waals surface area (Å²) in [5.74, 6) is 1.39. The van der Waals surface area contributed by atoms with Crippen molar-refractivity contribution in [3.05, 3.63) is 17.2 Å². The van der Waals surface area contributed by atoms with Crippen molar-refractivity contribution >= 4 is 6.09 Å². The molecule has 2 aliphatic rings. The van der Waals surface area contributed by atoms with Gasteiger partial charge in [0.05, 0.1) is 5.69 Å². The Balaban J connectivity index is 1.64. The number of rotatable bonds is 1. The van der Waals surface area contributed by atoms with Gasteiger partial charge < -0.3 is 14.6 Å². The molecule has 1 amide bonds. The van der Waals surface area contributed by atoms with E-state index in [-0.39, 0.29) is 6.09 Å². The van der Waals surface area contributed by atoms with Crippen molar-refractivity contribution in [2.24, 2.45) is 0 Å². The van der Waals surface area contributed by atoms with Gasteiger partial charge in [0.2, 0.25) is 0 Å². The number of likely N-dealkylation sites (tertiary alicyclic amines) is 1. The van der Waals surface area contributed by atoms with Crippen molar-refractivity contribution in [2.75, 3.05) is 13.1 Å². The molecule has 1 aliphatic carbocycles. The van der Waals surface area contributed by atoms with Crippen LogP contribution in [0.3, 0.4) is 0 Å². The molecule has 5 nitrogen and oxygen atoms in total. The molecule has 1 aliphatic heterocycles. The fourth-order valence-corrected chi connectivity index (χ4v) is 3.14. The van der Waals surface area contributed by atoms with Gasteiger partial charge in [-0.25, -0.2) is 9.78 Å². The van der Waals surface area contributed by atoms with Gasteiger partial charge in [0.15, 0.2) is 0 Å². The Morgan fingerprint density at radius 1 is 1.33 bits per heavy atom. The molecule has 1 aromatic rings. The molecule has 3 rings (SSSR count). The third-order valence-electron chi connectivity index (χ3n) is 4.20. The summed E-state index contributed by atoms with van der Waals surface area (Å²) >= 11 is 0. The number of ether oxygens (including phenoxy) is 1. The number of nitrogens with zero attached hydrogens (tertiary/aromatic N) is 2. The quantitative estimate of drug-likeness (QED) is 0.865. The number of hydrogen-bond acceptors (Lipinski definition) is 3. The van der Waals surface area contributed by atoms with Crippen LogP contribution in [0.25, 0.3) is 0 Å². The highest BCUT2D eigenvalue weighted by Crippen LogP contribution is 2.29. The zero-order valence-corrected chi connectivity index (χ0v) is 13.2. The Bertz CT molecular complexity index is 507. The van der Waals surface area contributed by atoms with E-state index in [1.165, 1.54) is 24.2 Å². The fourth-order valence-electron chi connectivity index (χ4n) is 3.14. The lowest BCUT2D eigenvalue weighted by molar-refractivity contribution is 0.0292. The number of aromatic amines is 1. The summed E-state index contributed by atoms with van der Waals surface area (Å²) in [5, 5.41) is 0. The molecule has 116 valence electrons. The molecular weight excluding hydrogens is 266 g/mol. The summed E-state index contributed by atoms with van der Waals surface area (Å²) in [5.41, 5.74) is 2.12. The van der Waals surface area contributed by atoms with E-state index in [0.29, 0.717) is 12.5 Å². The molecule has 21 heavy (non-hydrogen) atoms. The number of carbonyl (C=O) groups is 1. The molecule has 0 spiro atoms. The van der Waals surface area contributed by atoms with Crippen molar-refractivity contribution in [2.45, 2.75) is 64.4 Å². The first-order valence-electron chi connectivity index (χ1n) is 7.98. The highest BCUT2D eigenvalue weighted by molar-refractivity contribution is 5.68. The standard InChI is InChI=1S/C16H25N3O2/c1-16(2,3)21-15(20)19-9-8-11(10-19)14-17-12-6-4-5-7-13(12)18-14/h11H,4-10H2,1-3H3,(H,17,18). The summed E-state index contributed by atoms with van der Waals surface area (Å²) in [4.78, 5) is 22.2. The average molecular weight is 291 g/mol. The minimum atomic E-state index is -0.432. The highest BCUT2D eigenvalue weighted by atomic mass is 16.6. The first-order valence-corrected chi connectivity index (χ1v) is 7.98. The highest BCUT2D eigenvalue weighted by Gasteiger charge is 2.32. The third kappa shape index (κ3) is 3.22. The zero-order chi connectivity index (χ0) is 15.0. The Labute approximate surface area is 126 Å². The van der Waals surface area contributed by atoms with Gasteiger partial charge in [0.1, 0.15) is 11.4 Å². The normalized spacial score (nSPS) is 22.2. The van der Waals surface area contributed by atoms with E-state index in [9.17, 15) is 4.79 Å². The van der Waals surface area contributed by atoms with Gasteiger partial charge in [0.25, 0.3) is 0 Å². The molecular formula is C16H25N3O2. The Kier molecular flexibility index (Phi) is 3.68. The van der Waals surface area contributed by atoms with Crippen LogP contribution in [-0.4, -0.2) is 39.7 Å². The molecule has 5 heteroatoms. The van der Waals surface area contributed by atoms with Crippen LogP contribution in [0.15, 0.2) is 0 Å². The number of fused-ring (bicyclic) bond motifs is 1. The number of hydrogen-bond donors (Lipinski definition) is 1. The van der Waals surface area contributed by atoms with Crippen LogP contribution in [0, 0.1) is 0 Å². The van der Waals surface area contributed by atoms with Gasteiger partial charge in [-0.15, -0.1) is 0 Å². The van der Waals surface area contributed by atoms with Crippen LogP contribution < -0.4 is 0 Å². The van der Waals surface area contributed by atoms with E-state index < -0.39 is 5.60 Å². The molecule has 1 unspecified atom stereocenters. The van der Waals surface area contributed by atoms with E-state index in [4.69, 9.17) is 9.72 Å². The maximum Gasteiger partial charge on any atom is 0.410 e. The average Bonchev–Trinajstić information content (AvgIpc) is 3.03. The van der Waals surface area contributed by atoms with Gasteiger partial charge in [-0.1, -0.05) is 0 Å². The molecule has 0 saturated carbocycles. The van der Waals surface area contributed by atoms with Crippen molar-refractivity contribution in [1.29, 1.82) is 0 Å². The number of amides is 1. The lowest BCUT2D eigenvalue weighted by atomic mass is 10.0. The molecule has 0 bridgehead atoms. The SMILES string of the molecule is CC(C)(C)OC(=O)N1CCC(c2nc3c([nH]2)CCCC3)C1. The number of nitrogens with one attached hydrogen (secondary N) is 1. The van der Waals surface area contributed by atoms with E-state index in [1.54, 1.807) is 4.90 Å². The van der Waals surface area contributed by atoms with Crippen LogP contribution in [-0.2, 0) is 17.6 Å². The summed E-state index contributed by atoms with van der Waals surface area (Å²) < 4.78 is 5.44. The third-order valence-corrected chi connectivity index (χ3v) is 4.20. The largest absolute Gasteiger partial charge is 0.444 e. The predicted molar refractivity (Wildman–Crippen MR) is 80.4 cm³/mol. The van der Waals surface area contributed by atoms with Gasteiger partial charge in [-0.2, -0.15) is 0 Å². The predicted octanol–water partition coefficient (Wildman–Crippen LogP) is 3.01. The summed E-state index contributed by atoms with van der Waals surface area (Å²) in [6, 6.07) is 0. The van der Waals surface area contributed by atoms with Crippen molar-refractivity contribution in [1.82, 2.24) is 14.9 Å². The van der Waals surface area contributed by atoms with Crippen LogP contribution in [0.1, 0.15) is 63.2 Å². The number of imidazole rings is 1. The number of H-pyrrole nitrogens is 1. The molecule has 0 aromatic carbocycles. The van der Waals surface area contributed by atoms with Crippen molar-refractivity contribution < 1.29 is 9.53 Å². The van der Waals surface area contributed by atoms with Crippen LogP contribution >= 0.6 is 0 Å². The summed E-state index contributed by atoms with van der Waals surface area (Å²) in [7, 11) is 0. The maximum atomic E-state index is 12.1. The van der Waals surface area contributed by atoms with Crippen LogP contribution in [0.2, 0.25) is 0 Å². The van der Waals surface area contributed by atoms with Crippen LogP contribution in [0.4, 0.5) is 4.79 Å². The molecule has 1 saturated heterocycles. The number of aryl methyl sites for hydroxylation is 2. The Hall–Kier alpha value is -1.52. The van der Waals surface area contributed by atoms with E-state index in [0.717, 1.165) is 31.6 Å². The number of aromatic nitrogens is 2. The molecule has 1 fully saturated rings. The second-order valence-electron chi connectivity index (χ2n) is 7.17. The first kappa shape index (κ1) is 14.4. The first-order chi connectivity index (χ1) is 9.92. The molecule has 1 aromatic heterocycles. The monoisotopic (exact) mass is 291 g/mol. The minimum Gasteiger partial charge on any atom is -0.444 e. The molecule has 0 radical (unpaired) electrons. The molecule has 1 atom stereocenters. The van der Waals surface area contributed by atoms with Gasteiger partial charge in [0, 0.05) is 24.7 Å². The second-order valence-corrected chi connectivity index (χ2v) is 7.17. The lowest BCUT2D eigenvalue weighted by Gasteiger charge is -2.24. The van der Waals surface area contributed by atoms with Crippen LogP contribution in [0.5, 0.6) is 0 Å². The van der Waals surface area contributed by atoms with Crippen molar-refractivity contribution in [3.8, 4) is 0 Å². The minimum absolute atomic E-state index is 0.207. The van der Waals surface area contributed by atoms with Gasteiger partial charge in [-0.05, 0) is 52.9 Å². The smallest absolute Gasteiger partial charge is 0.410 e. The van der Waals surface area contributed by atoms with Crippen molar-refractivity contribution in [3.63, 3.8) is 0 Å². The van der Waals surface area contributed by atoms with E-state index in [1.807, 2.05) is 20.8 Å². The second kappa shape index (κ2) is 5.35. The fraction of sp³-hybridized carbons (Fsp3) is 0.750. The number of carbonyl (C=O) groups excluding carboxylic acids is 1. The van der Waals surface area contributed by atoms with E-state index >= 15 is 0 Å². The Morgan fingerprint density at radius 2 is 2.10 bits per heavy atom. The van der Waals surface area contributed by atoms with E-state index in [2.05, 4.69) is 4.98 Å². The lowest BCUT2D eigenvalue weighted by Crippen LogP contribution is -2.35. The summed E-state index contributed by atoms with van der Waals surface area (Å²) in [6.45, 7) is 7.17. The zero-order valence-electron chi connectivity index (χ0n) is 13.2. The molecule has 2 heterocycles. The summed E-state index contributed by atoms with van der Waals surface area (Å²) in [6.07, 6.45) is 5.46. The topological polar surface area (TPSA) is 58.2 Å².